The van der Waals surface area contributed by atoms with Gasteiger partial charge in [0.15, 0.2) is 6.10 Å². The Kier molecular flexibility index (Phi) is 5.64. The van der Waals surface area contributed by atoms with Gasteiger partial charge >= 0.3 is 5.97 Å². The molecule has 7 nitrogen and oxygen atoms in total. The summed E-state index contributed by atoms with van der Waals surface area (Å²) < 4.78 is 45.9. The van der Waals surface area contributed by atoms with E-state index in [0.717, 1.165) is 25.0 Å². The van der Waals surface area contributed by atoms with Crippen molar-refractivity contribution in [1.29, 1.82) is 0 Å². The highest BCUT2D eigenvalue weighted by Gasteiger charge is 2.27. The van der Waals surface area contributed by atoms with Crippen molar-refractivity contribution in [3.63, 3.8) is 0 Å². The van der Waals surface area contributed by atoms with Crippen molar-refractivity contribution in [3.8, 4) is 0 Å². The Balaban J connectivity index is 1.72. The number of amides is 1. The number of esters is 1. The van der Waals surface area contributed by atoms with Crippen LogP contribution in [0.3, 0.4) is 0 Å². The number of rotatable bonds is 7. The smallest absolute Gasteiger partial charge is 0.338 e. The molecule has 0 unspecified atom stereocenters. The first-order valence-corrected chi connectivity index (χ1v) is 10.1. The number of hydrogen-bond donors (Lipinski definition) is 2. The molecular formula is C19H19FN2O5S. The van der Waals surface area contributed by atoms with Gasteiger partial charge in [0, 0.05) is 6.04 Å². The number of carbonyl (C=O) groups excluding carboxylic acids is 2. The Labute approximate surface area is 161 Å². The van der Waals surface area contributed by atoms with Gasteiger partial charge in [0.25, 0.3) is 15.9 Å². The maximum Gasteiger partial charge on any atom is 0.338 e. The van der Waals surface area contributed by atoms with Gasteiger partial charge in [0.05, 0.1) is 16.1 Å². The Morgan fingerprint density at radius 3 is 2.54 bits per heavy atom. The molecule has 0 heterocycles. The average Bonchev–Trinajstić information content (AvgIpc) is 3.47. The zero-order valence-corrected chi connectivity index (χ0v) is 15.8. The molecule has 0 bridgehead atoms. The minimum absolute atomic E-state index is 0.0394. The van der Waals surface area contributed by atoms with Crippen molar-refractivity contribution in [3.05, 3.63) is 59.9 Å². The number of hydrogen-bond acceptors (Lipinski definition) is 5. The Morgan fingerprint density at radius 2 is 1.86 bits per heavy atom. The van der Waals surface area contributed by atoms with Crippen molar-refractivity contribution in [2.24, 2.45) is 0 Å². The van der Waals surface area contributed by atoms with E-state index in [1.807, 2.05) is 0 Å². The topological polar surface area (TPSA) is 102 Å². The lowest BCUT2D eigenvalue weighted by Gasteiger charge is -2.14. The fraction of sp³-hybridized carbons (Fsp3) is 0.263. The number of anilines is 1. The van der Waals surface area contributed by atoms with Gasteiger partial charge < -0.3 is 10.1 Å². The summed E-state index contributed by atoms with van der Waals surface area (Å²) in [4.78, 5) is 23.9. The molecular weight excluding hydrogens is 387 g/mol. The SMILES string of the molecule is C[C@@H](OC(=O)c1cccc(S(=O)(=O)Nc2ccccc2F)c1)C(=O)NC1CC1. The molecule has 2 N–H and O–H groups in total. The first-order valence-electron chi connectivity index (χ1n) is 8.65. The third kappa shape index (κ3) is 4.86. The fourth-order valence-electron chi connectivity index (χ4n) is 2.37. The van der Waals surface area contributed by atoms with Crippen molar-refractivity contribution >= 4 is 27.6 Å². The van der Waals surface area contributed by atoms with Crippen LogP contribution in [0.1, 0.15) is 30.1 Å². The van der Waals surface area contributed by atoms with Gasteiger partial charge in [-0.15, -0.1) is 0 Å². The standard InChI is InChI=1S/C19H19FN2O5S/c1-12(18(23)21-14-9-10-14)27-19(24)13-5-4-6-15(11-13)28(25,26)22-17-8-3-2-7-16(17)20/h2-8,11-12,14,22H,9-10H2,1H3,(H,21,23)/t12-/m1/s1. The molecule has 0 spiro atoms. The van der Waals surface area contributed by atoms with Crippen LogP contribution in [-0.4, -0.2) is 32.4 Å². The monoisotopic (exact) mass is 406 g/mol. The fourth-order valence-corrected chi connectivity index (χ4v) is 3.48. The summed E-state index contributed by atoms with van der Waals surface area (Å²) in [5, 5.41) is 2.72. The molecule has 28 heavy (non-hydrogen) atoms. The largest absolute Gasteiger partial charge is 0.449 e. The van der Waals surface area contributed by atoms with Crippen LogP contribution in [0.2, 0.25) is 0 Å². The second-order valence-electron chi connectivity index (χ2n) is 6.44. The van der Waals surface area contributed by atoms with Crippen LogP contribution >= 0.6 is 0 Å². The van der Waals surface area contributed by atoms with E-state index >= 15 is 0 Å². The molecule has 0 aliphatic heterocycles. The van der Waals surface area contributed by atoms with Crippen LogP contribution in [0.5, 0.6) is 0 Å². The molecule has 0 aromatic heterocycles. The number of sulfonamides is 1. The van der Waals surface area contributed by atoms with E-state index in [1.165, 1.54) is 43.3 Å². The molecule has 2 aromatic carbocycles. The van der Waals surface area contributed by atoms with E-state index in [1.54, 1.807) is 0 Å². The number of para-hydroxylation sites is 1. The molecule has 148 valence electrons. The van der Waals surface area contributed by atoms with E-state index in [0.29, 0.717) is 0 Å². The molecule has 1 aliphatic carbocycles. The van der Waals surface area contributed by atoms with Gasteiger partial charge in [-0.25, -0.2) is 17.6 Å². The molecule has 0 saturated heterocycles. The van der Waals surface area contributed by atoms with Gasteiger partial charge in [-0.05, 0) is 50.1 Å². The highest BCUT2D eigenvalue weighted by Crippen LogP contribution is 2.21. The van der Waals surface area contributed by atoms with Crippen LogP contribution < -0.4 is 10.0 Å². The molecule has 1 amide bonds. The maximum atomic E-state index is 13.7. The minimum Gasteiger partial charge on any atom is -0.449 e. The number of ether oxygens (including phenoxy) is 1. The lowest BCUT2D eigenvalue weighted by Crippen LogP contribution is -2.37. The van der Waals surface area contributed by atoms with E-state index in [4.69, 9.17) is 4.74 Å². The normalized spacial score (nSPS) is 14.8. The van der Waals surface area contributed by atoms with Crippen molar-refractivity contribution in [2.45, 2.75) is 36.8 Å². The average molecular weight is 406 g/mol. The molecule has 3 rings (SSSR count). The van der Waals surface area contributed by atoms with Crippen LogP contribution in [0.15, 0.2) is 53.4 Å². The Bertz CT molecular complexity index is 1000. The summed E-state index contributed by atoms with van der Waals surface area (Å²) in [6.07, 6.45) is 0.799. The van der Waals surface area contributed by atoms with Crippen molar-refractivity contribution in [2.75, 3.05) is 4.72 Å². The van der Waals surface area contributed by atoms with Crippen molar-refractivity contribution < 1.29 is 27.1 Å². The van der Waals surface area contributed by atoms with Gasteiger partial charge in [-0.1, -0.05) is 18.2 Å². The predicted octanol–water partition coefficient (Wildman–Crippen LogP) is 2.45. The molecule has 1 atom stereocenters. The molecule has 9 heteroatoms. The second kappa shape index (κ2) is 7.97. The number of carbonyl (C=O) groups is 2. The quantitative estimate of drug-likeness (QED) is 0.688. The maximum absolute atomic E-state index is 13.7. The van der Waals surface area contributed by atoms with E-state index in [-0.39, 0.29) is 22.2 Å². The van der Waals surface area contributed by atoms with Crippen LogP contribution in [0.25, 0.3) is 0 Å². The van der Waals surface area contributed by atoms with Gasteiger partial charge in [0.2, 0.25) is 0 Å². The van der Waals surface area contributed by atoms with Crippen LogP contribution in [0.4, 0.5) is 10.1 Å². The van der Waals surface area contributed by atoms with E-state index in [2.05, 4.69) is 10.0 Å². The van der Waals surface area contributed by atoms with Gasteiger partial charge in [0.1, 0.15) is 5.82 Å². The zero-order valence-electron chi connectivity index (χ0n) is 15.0. The summed E-state index contributed by atoms with van der Waals surface area (Å²) in [5.41, 5.74) is -0.247. The van der Waals surface area contributed by atoms with Gasteiger partial charge in [-0.3, -0.25) is 9.52 Å². The first kappa shape index (κ1) is 19.8. The number of halogens is 1. The van der Waals surface area contributed by atoms with E-state index in [9.17, 15) is 22.4 Å². The highest BCUT2D eigenvalue weighted by atomic mass is 32.2. The molecule has 1 saturated carbocycles. The first-order chi connectivity index (χ1) is 13.3. The number of benzene rings is 2. The third-order valence-electron chi connectivity index (χ3n) is 4.07. The summed E-state index contributed by atoms with van der Waals surface area (Å²) >= 11 is 0. The van der Waals surface area contributed by atoms with Gasteiger partial charge in [-0.2, -0.15) is 0 Å². The van der Waals surface area contributed by atoms with Crippen LogP contribution in [-0.2, 0) is 19.6 Å². The summed E-state index contributed by atoms with van der Waals surface area (Å²) in [6.45, 7) is 1.44. The van der Waals surface area contributed by atoms with Crippen LogP contribution in [0, 0.1) is 5.82 Å². The zero-order chi connectivity index (χ0) is 20.3. The minimum atomic E-state index is -4.12. The molecule has 1 aliphatic rings. The lowest BCUT2D eigenvalue weighted by atomic mass is 10.2. The number of nitrogens with one attached hydrogen (secondary N) is 2. The summed E-state index contributed by atoms with van der Waals surface area (Å²) in [5.74, 6) is -1.96. The summed E-state index contributed by atoms with van der Waals surface area (Å²) in [6, 6.07) is 10.6. The lowest BCUT2D eigenvalue weighted by molar-refractivity contribution is -0.129. The molecule has 2 aromatic rings. The molecule has 0 radical (unpaired) electrons. The Morgan fingerprint density at radius 1 is 1.14 bits per heavy atom. The van der Waals surface area contributed by atoms with Crippen molar-refractivity contribution in [1.82, 2.24) is 5.32 Å². The Hall–Kier alpha value is -2.94. The third-order valence-corrected chi connectivity index (χ3v) is 5.44. The second-order valence-corrected chi connectivity index (χ2v) is 8.13. The summed E-state index contributed by atoms with van der Waals surface area (Å²) in [7, 11) is -4.12. The highest BCUT2D eigenvalue weighted by molar-refractivity contribution is 7.92. The predicted molar refractivity (Wildman–Crippen MR) is 99.7 cm³/mol. The molecule has 1 fully saturated rings. The van der Waals surface area contributed by atoms with E-state index < -0.39 is 33.8 Å².